The Morgan fingerprint density at radius 2 is 2.06 bits per heavy atom. The molecule has 3 aliphatic rings. The number of alkyl halides is 1. The molecule has 162 valence electrons. The number of fused-ring (bicyclic) bond motifs is 3. The van der Waals surface area contributed by atoms with Gasteiger partial charge in [0.05, 0.1) is 29.3 Å². The van der Waals surface area contributed by atoms with Crippen molar-refractivity contribution >= 4 is 5.82 Å². The zero-order valence-corrected chi connectivity index (χ0v) is 18.0. The fourth-order valence-electron chi connectivity index (χ4n) is 5.19. The highest BCUT2D eigenvalue weighted by Crippen LogP contribution is 2.46. The topological polar surface area (TPSA) is 70.3 Å². The van der Waals surface area contributed by atoms with Crippen LogP contribution in [0.15, 0.2) is 49.1 Å². The van der Waals surface area contributed by atoms with Gasteiger partial charge in [0, 0.05) is 37.6 Å². The third-order valence-corrected chi connectivity index (χ3v) is 7.30. The van der Waals surface area contributed by atoms with Crippen LogP contribution < -0.4 is 4.90 Å². The number of halogens is 1. The Morgan fingerprint density at radius 3 is 2.71 bits per heavy atom. The molecule has 1 aromatic carbocycles. The molecule has 4 atom stereocenters. The maximum absolute atomic E-state index is 15.5. The number of hydrogen-bond donors (Lipinski definition) is 1. The summed E-state index contributed by atoms with van der Waals surface area (Å²) in [4.78, 5) is 8.14. The van der Waals surface area contributed by atoms with Crippen molar-refractivity contribution in [3.63, 3.8) is 0 Å². The largest absolute Gasteiger partial charge is 0.507 e. The van der Waals surface area contributed by atoms with Gasteiger partial charge < -0.3 is 14.6 Å². The third kappa shape index (κ3) is 3.17. The zero-order chi connectivity index (χ0) is 21.8. The maximum Gasteiger partial charge on any atom is 0.151 e. The van der Waals surface area contributed by atoms with Crippen molar-refractivity contribution in [3.05, 3.63) is 49.1 Å². The van der Waals surface area contributed by atoms with Gasteiger partial charge in [-0.15, -0.1) is 10.2 Å². The molecular formula is C23H27FN6O. The second kappa shape index (κ2) is 7.30. The smallest absolute Gasteiger partial charge is 0.151 e. The fourth-order valence-corrected chi connectivity index (χ4v) is 5.19. The predicted octanol–water partition coefficient (Wildman–Crippen LogP) is 3.29. The second-order valence-corrected chi connectivity index (χ2v) is 8.99. The van der Waals surface area contributed by atoms with Crippen LogP contribution in [0.4, 0.5) is 10.2 Å². The van der Waals surface area contributed by atoms with Crippen LogP contribution in [0.3, 0.4) is 0 Å². The van der Waals surface area contributed by atoms with Crippen molar-refractivity contribution in [2.75, 3.05) is 25.5 Å². The Bertz CT molecular complexity index is 1070. The molecule has 3 aromatic rings. The van der Waals surface area contributed by atoms with Gasteiger partial charge in [-0.2, -0.15) is 0 Å². The molecule has 0 radical (unpaired) electrons. The Morgan fingerprint density at radius 1 is 1.23 bits per heavy atom. The highest BCUT2D eigenvalue weighted by atomic mass is 19.1. The molecule has 6 rings (SSSR count). The molecule has 0 spiro atoms. The first kappa shape index (κ1) is 19.9. The first-order valence-corrected chi connectivity index (χ1v) is 10.6. The van der Waals surface area contributed by atoms with Crippen LogP contribution in [0.25, 0.3) is 16.9 Å². The van der Waals surface area contributed by atoms with Crippen molar-refractivity contribution in [1.82, 2.24) is 24.6 Å². The van der Waals surface area contributed by atoms with Gasteiger partial charge in [-0.25, -0.2) is 9.37 Å². The highest BCUT2D eigenvalue weighted by molar-refractivity contribution is 5.69. The van der Waals surface area contributed by atoms with Crippen molar-refractivity contribution in [1.29, 1.82) is 0 Å². The third-order valence-electron chi connectivity index (χ3n) is 7.30. The molecular weight excluding hydrogens is 395 g/mol. The summed E-state index contributed by atoms with van der Waals surface area (Å²) in [7, 11) is 3.93. The summed E-state index contributed by atoms with van der Waals surface area (Å²) in [6, 6.07) is 8.84. The van der Waals surface area contributed by atoms with Gasteiger partial charge in [-0.05, 0) is 57.0 Å². The summed E-state index contributed by atoms with van der Waals surface area (Å²) in [5, 5.41) is 19.2. The van der Waals surface area contributed by atoms with E-state index in [0.29, 0.717) is 17.1 Å². The van der Waals surface area contributed by atoms with E-state index in [1.54, 1.807) is 18.6 Å². The van der Waals surface area contributed by atoms with E-state index in [-0.39, 0.29) is 17.7 Å². The fraction of sp³-hybridized carbons (Fsp3) is 0.435. The van der Waals surface area contributed by atoms with Crippen molar-refractivity contribution in [2.24, 2.45) is 5.92 Å². The summed E-state index contributed by atoms with van der Waals surface area (Å²) in [5.41, 5.74) is 1.55. The lowest BCUT2D eigenvalue weighted by atomic mass is 9.67. The minimum absolute atomic E-state index is 0.117. The molecule has 2 bridgehead atoms. The number of nitrogens with zero attached hydrogens (tertiary/aromatic N) is 6. The minimum atomic E-state index is -0.948. The zero-order valence-electron chi connectivity index (χ0n) is 18.0. The second-order valence-electron chi connectivity index (χ2n) is 8.99. The first-order valence-electron chi connectivity index (χ1n) is 10.6. The number of anilines is 1. The minimum Gasteiger partial charge on any atom is -0.507 e. The van der Waals surface area contributed by atoms with Crippen LogP contribution in [0.2, 0.25) is 0 Å². The molecule has 8 heteroatoms. The van der Waals surface area contributed by atoms with E-state index in [0.717, 1.165) is 25.1 Å². The molecule has 4 heterocycles. The van der Waals surface area contributed by atoms with E-state index in [4.69, 9.17) is 0 Å². The van der Waals surface area contributed by atoms with Gasteiger partial charge in [0.15, 0.2) is 5.82 Å². The number of aromatic hydroxyl groups is 1. The van der Waals surface area contributed by atoms with E-state index < -0.39 is 11.7 Å². The number of hydrogen-bond acceptors (Lipinski definition) is 6. The number of phenols is 1. The SMILES string of the molecule is CN(c1ccc(-c2ccc(-n3ccnc3)cc2O)nn1)[C@H]1C2CC[C@@](C)([C@@H]1F)N(C)C2. The summed E-state index contributed by atoms with van der Waals surface area (Å²) in [6.45, 7) is 2.92. The molecule has 0 amide bonds. The van der Waals surface area contributed by atoms with Crippen LogP contribution in [0.5, 0.6) is 5.75 Å². The van der Waals surface area contributed by atoms with Crippen LogP contribution in [0, 0.1) is 5.92 Å². The summed E-state index contributed by atoms with van der Waals surface area (Å²) in [6.07, 6.45) is 6.14. The first-order chi connectivity index (χ1) is 14.9. The lowest BCUT2D eigenvalue weighted by Gasteiger charge is -2.58. The summed E-state index contributed by atoms with van der Waals surface area (Å²) < 4.78 is 17.3. The van der Waals surface area contributed by atoms with E-state index in [1.165, 1.54) is 0 Å². The number of rotatable bonds is 4. The summed E-state index contributed by atoms with van der Waals surface area (Å²) >= 11 is 0. The van der Waals surface area contributed by atoms with E-state index in [1.807, 2.05) is 60.9 Å². The van der Waals surface area contributed by atoms with Crippen LogP contribution >= 0.6 is 0 Å². The number of aromatic nitrogens is 4. The van der Waals surface area contributed by atoms with E-state index in [2.05, 4.69) is 20.1 Å². The lowest BCUT2D eigenvalue weighted by Crippen LogP contribution is -2.70. The van der Waals surface area contributed by atoms with Crippen LogP contribution in [0.1, 0.15) is 19.8 Å². The van der Waals surface area contributed by atoms with Crippen LogP contribution in [-0.2, 0) is 0 Å². The molecule has 2 aromatic heterocycles. The van der Waals surface area contributed by atoms with Gasteiger partial charge in [0.2, 0.25) is 0 Å². The Kier molecular flexibility index (Phi) is 4.69. The Hall–Kier alpha value is -3.00. The lowest BCUT2D eigenvalue weighted by molar-refractivity contribution is -0.0816. The maximum atomic E-state index is 15.5. The van der Waals surface area contributed by atoms with Gasteiger partial charge >= 0.3 is 0 Å². The molecule has 1 aliphatic carbocycles. The van der Waals surface area contributed by atoms with Crippen molar-refractivity contribution in [2.45, 2.75) is 37.5 Å². The molecule has 31 heavy (non-hydrogen) atoms. The van der Waals surface area contributed by atoms with E-state index >= 15 is 4.39 Å². The standard InChI is InChI=1S/C23H27FN6O/c1-23-9-8-15(13-28(23)2)21(22(23)24)29(3)20-7-6-18(26-27-20)17-5-4-16(12-19(17)31)30-11-10-25-14-30/h4-7,10-12,14-15,21-22,31H,8-9,13H2,1-3H3/t15?,21-,22+,23-/m0/s1. The molecule has 7 nitrogen and oxygen atoms in total. The summed E-state index contributed by atoms with van der Waals surface area (Å²) in [5.74, 6) is 1.03. The molecule has 2 saturated heterocycles. The number of imidazole rings is 1. The molecule has 1 saturated carbocycles. The average Bonchev–Trinajstić information content (AvgIpc) is 3.30. The normalized spacial score (nSPS) is 28.1. The molecule has 1 N–H and O–H groups in total. The molecule has 1 unspecified atom stereocenters. The van der Waals surface area contributed by atoms with Crippen molar-refractivity contribution < 1.29 is 9.50 Å². The number of piperidine rings is 2. The monoisotopic (exact) mass is 422 g/mol. The van der Waals surface area contributed by atoms with Gasteiger partial charge in [0.25, 0.3) is 0 Å². The quantitative estimate of drug-likeness (QED) is 0.696. The average molecular weight is 423 g/mol. The predicted molar refractivity (Wildman–Crippen MR) is 117 cm³/mol. The van der Waals surface area contributed by atoms with Crippen molar-refractivity contribution in [3.8, 4) is 22.7 Å². The van der Waals surface area contributed by atoms with Crippen LogP contribution in [-0.4, -0.2) is 68.1 Å². The van der Waals surface area contributed by atoms with E-state index in [9.17, 15) is 5.11 Å². The number of phenolic OH excluding ortho intramolecular Hbond substituents is 1. The molecule has 3 fully saturated rings. The van der Waals surface area contributed by atoms with Gasteiger partial charge in [-0.3, -0.25) is 4.90 Å². The molecule has 2 aliphatic heterocycles. The Balaban J connectivity index is 1.38. The Labute approximate surface area is 181 Å². The number of benzene rings is 1. The van der Waals surface area contributed by atoms with Gasteiger partial charge in [0.1, 0.15) is 11.9 Å². The van der Waals surface area contributed by atoms with Gasteiger partial charge in [-0.1, -0.05) is 0 Å². The highest BCUT2D eigenvalue weighted by Gasteiger charge is 2.55.